The highest BCUT2D eigenvalue weighted by Crippen LogP contribution is 2.31. The van der Waals surface area contributed by atoms with Crippen LogP contribution in [0.3, 0.4) is 0 Å². The number of aryl methyl sites for hydroxylation is 1. The predicted molar refractivity (Wildman–Crippen MR) is 112 cm³/mol. The van der Waals surface area contributed by atoms with Crippen molar-refractivity contribution in [3.8, 4) is 6.07 Å². The fourth-order valence-electron chi connectivity index (χ4n) is 3.68. The number of halogens is 2. The van der Waals surface area contributed by atoms with Gasteiger partial charge in [-0.2, -0.15) is 15.5 Å². The number of carbonyl (C=O) groups excluding carboxylic acids is 1. The molecule has 6 nitrogen and oxygen atoms in total. The number of nitrogens with zero attached hydrogens (tertiary/aromatic N) is 5. The average molecular weight is 419 g/mol. The van der Waals surface area contributed by atoms with Gasteiger partial charge in [0.05, 0.1) is 11.6 Å². The highest BCUT2D eigenvalue weighted by molar-refractivity contribution is 5.94. The van der Waals surface area contributed by atoms with Crippen molar-refractivity contribution >= 4 is 23.0 Å². The largest absolute Gasteiger partial charge is 0.271 e. The van der Waals surface area contributed by atoms with Gasteiger partial charge in [-0.25, -0.2) is 13.8 Å². The summed E-state index contributed by atoms with van der Waals surface area (Å²) < 4.78 is 28.9. The molecule has 0 fully saturated rings. The number of benzene rings is 2. The van der Waals surface area contributed by atoms with E-state index in [2.05, 4.69) is 22.8 Å². The van der Waals surface area contributed by atoms with Crippen molar-refractivity contribution in [3.63, 3.8) is 0 Å². The molecule has 0 radical (unpaired) electrons. The number of hydrogen-bond donors (Lipinski definition) is 0. The summed E-state index contributed by atoms with van der Waals surface area (Å²) in [5, 5.41) is 19.8. The molecule has 156 valence electrons. The van der Waals surface area contributed by atoms with Crippen LogP contribution < -0.4 is 0 Å². The molecule has 0 N–H and O–H groups in total. The number of fused-ring (bicyclic) bond motifs is 1. The summed E-state index contributed by atoms with van der Waals surface area (Å²) in [6, 6.07) is 10.2. The molecule has 4 rings (SSSR count). The van der Waals surface area contributed by atoms with Gasteiger partial charge in [-0.05, 0) is 36.6 Å². The number of carbonyl (C=O) groups is 1. The molecule has 8 heteroatoms. The van der Waals surface area contributed by atoms with Crippen molar-refractivity contribution in [1.29, 1.82) is 5.26 Å². The van der Waals surface area contributed by atoms with Crippen LogP contribution in [-0.2, 0) is 11.3 Å². The van der Waals surface area contributed by atoms with E-state index in [0.717, 1.165) is 11.5 Å². The van der Waals surface area contributed by atoms with Crippen molar-refractivity contribution in [2.75, 3.05) is 0 Å². The lowest BCUT2D eigenvalue weighted by molar-refractivity contribution is -0.129. The molecule has 0 saturated carbocycles. The van der Waals surface area contributed by atoms with Gasteiger partial charge in [0.25, 0.3) is 5.91 Å². The molecule has 0 spiro atoms. The van der Waals surface area contributed by atoms with Gasteiger partial charge >= 0.3 is 0 Å². The van der Waals surface area contributed by atoms with Crippen LogP contribution in [0.2, 0.25) is 0 Å². The van der Waals surface area contributed by atoms with E-state index in [-0.39, 0.29) is 5.91 Å². The van der Waals surface area contributed by atoms with Crippen LogP contribution in [0.15, 0.2) is 59.8 Å². The van der Waals surface area contributed by atoms with Gasteiger partial charge in [-0.15, -0.1) is 0 Å². The van der Waals surface area contributed by atoms with E-state index in [9.17, 15) is 18.8 Å². The average Bonchev–Trinajstić information content (AvgIpc) is 3.39. The number of amides is 1. The zero-order chi connectivity index (χ0) is 22.0. The van der Waals surface area contributed by atoms with Gasteiger partial charge in [0, 0.05) is 42.4 Å². The Labute approximate surface area is 177 Å². The fourth-order valence-corrected chi connectivity index (χ4v) is 3.68. The van der Waals surface area contributed by atoms with Gasteiger partial charge in [0.1, 0.15) is 23.2 Å². The van der Waals surface area contributed by atoms with E-state index >= 15 is 0 Å². The lowest BCUT2D eigenvalue weighted by atomic mass is 10.0. The van der Waals surface area contributed by atoms with Gasteiger partial charge in [-0.3, -0.25) is 9.48 Å². The normalized spacial score (nSPS) is 15.4. The van der Waals surface area contributed by atoms with E-state index in [0.29, 0.717) is 48.0 Å². The molecule has 1 aliphatic rings. The Morgan fingerprint density at radius 1 is 1.26 bits per heavy atom. The van der Waals surface area contributed by atoms with Crippen LogP contribution in [0, 0.1) is 23.0 Å². The topological polar surface area (TPSA) is 74.3 Å². The Bertz CT molecular complexity index is 1220. The number of rotatable bonds is 6. The molecule has 2 heterocycles. The number of nitriles is 1. The summed E-state index contributed by atoms with van der Waals surface area (Å²) in [4.78, 5) is 12.8. The van der Waals surface area contributed by atoms with Crippen molar-refractivity contribution in [2.24, 2.45) is 5.10 Å². The molecule has 1 amide bonds. The third-order valence-electron chi connectivity index (χ3n) is 5.18. The van der Waals surface area contributed by atoms with Crippen LogP contribution in [0.5, 0.6) is 0 Å². The molecular weight excluding hydrogens is 400 g/mol. The smallest absolute Gasteiger partial charge is 0.269 e. The molecule has 0 aliphatic carbocycles. The van der Waals surface area contributed by atoms with E-state index in [1.807, 2.05) is 18.3 Å². The Balaban J connectivity index is 1.39. The molecule has 0 saturated heterocycles. The van der Waals surface area contributed by atoms with E-state index in [4.69, 9.17) is 0 Å². The number of hydrogen-bond acceptors (Lipinski definition) is 4. The SMILES string of the molecule is C=C(CCCn1cc2cccc(C#N)c2n1)C(=O)N1N=CCC1c1cc(F)cc(F)c1. The third kappa shape index (κ3) is 4.21. The Hall–Kier alpha value is -3.86. The van der Waals surface area contributed by atoms with Gasteiger partial charge < -0.3 is 0 Å². The van der Waals surface area contributed by atoms with Crippen LogP contribution in [0.4, 0.5) is 8.78 Å². The molecule has 1 atom stereocenters. The van der Waals surface area contributed by atoms with Gasteiger partial charge in [0.15, 0.2) is 0 Å². The van der Waals surface area contributed by atoms with Crippen LogP contribution in [0.25, 0.3) is 10.9 Å². The maximum Gasteiger partial charge on any atom is 0.269 e. The summed E-state index contributed by atoms with van der Waals surface area (Å²) in [7, 11) is 0. The minimum atomic E-state index is -0.695. The predicted octanol–water partition coefficient (Wildman–Crippen LogP) is 4.48. The van der Waals surface area contributed by atoms with Gasteiger partial charge in [0.2, 0.25) is 0 Å². The minimum Gasteiger partial charge on any atom is -0.271 e. The number of hydrazone groups is 1. The Morgan fingerprint density at radius 2 is 2.03 bits per heavy atom. The lowest BCUT2D eigenvalue weighted by Gasteiger charge is -2.23. The molecule has 31 heavy (non-hydrogen) atoms. The highest BCUT2D eigenvalue weighted by Gasteiger charge is 2.30. The summed E-state index contributed by atoms with van der Waals surface area (Å²) in [6.07, 6.45) is 4.82. The third-order valence-corrected chi connectivity index (χ3v) is 5.18. The first-order valence-corrected chi connectivity index (χ1v) is 9.82. The second-order valence-electron chi connectivity index (χ2n) is 7.36. The van der Waals surface area contributed by atoms with Crippen molar-refractivity contribution in [2.45, 2.75) is 31.8 Å². The fraction of sp³-hybridized carbons (Fsp3) is 0.217. The van der Waals surface area contributed by atoms with Crippen LogP contribution in [0.1, 0.15) is 36.4 Å². The quantitative estimate of drug-likeness (QED) is 0.553. The molecule has 1 aromatic heterocycles. The first kappa shape index (κ1) is 20.4. The zero-order valence-electron chi connectivity index (χ0n) is 16.6. The van der Waals surface area contributed by atoms with Crippen LogP contribution in [-0.4, -0.2) is 26.9 Å². The Kier molecular flexibility index (Phi) is 5.58. The molecule has 3 aromatic rings. The standard InChI is InChI=1S/C23H19F2N5O/c1-15(4-3-9-29-14-17-6-2-5-16(13-26)22(17)28-29)23(31)30-21(7-8-27-30)18-10-19(24)12-20(25)11-18/h2,5-6,8,10-12,14,21H,1,3-4,7,9H2. The second-order valence-corrected chi connectivity index (χ2v) is 7.36. The van der Waals surface area contributed by atoms with Crippen LogP contribution >= 0.6 is 0 Å². The summed E-state index contributed by atoms with van der Waals surface area (Å²) in [5.74, 6) is -1.76. The lowest BCUT2D eigenvalue weighted by Crippen LogP contribution is -2.28. The first-order chi connectivity index (χ1) is 15.0. The summed E-state index contributed by atoms with van der Waals surface area (Å²) in [5.41, 5.74) is 1.88. The second kappa shape index (κ2) is 8.48. The van der Waals surface area contributed by atoms with Gasteiger partial charge in [-0.1, -0.05) is 18.7 Å². The van der Waals surface area contributed by atoms with Crippen molar-refractivity contribution in [3.05, 3.63) is 77.5 Å². The zero-order valence-corrected chi connectivity index (χ0v) is 16.6. The van der Waals surface area contributed by atoms with Crippen molar-refractivity contribution in [1.82, 2.24) is 14.8 Å². The molecule has 1 unspecified atom stereocenters. The van der Waals surface area contributed by atoms with E-state index < -0.39 is 17.7 Å². The van der Waals surface area contributed by atoms with E-state index in [1.54, 1.807) is 17.0 Å². The molecule has 0 bridgehead atoms. The van der Waals surface area contributed by atoms with Crippen molar-refractivity contribution < 1.29 is 13.6 Å². The minimum absolute atomic E-state index is 0.354. The summed E-state index contributed by atoms with van der Waals surface area (Å²) in [6.45, 7) is 4.43. The summed E-state index contributed by atoms with van der Waals surface area (Å²) >= 11 is 0. The van der Waals surface area contributed by atoms with E-state index in [1.165, 1.54) is 17.1 Å². The molecular formula is C23H19F2N5O. The highest BCUT2D eigenvalue weighted by atomic mass is 19.1. The maximum atomic E-state index is 13.6. The Morgan fingerprint density at radius 3 is 2.77 bits per heavy atom. The molecule has 1 aliphatic heterocycles. The number of aromatic nitrogens is 2. The monoisotopic (exact) mass is 419 g/mol. The molecule has 2 aromatic carbocycles. The maximum absolute atomic E-state index is 13.6. The first-order valence-electron chi connectivity index (χ1n) is 9.82.